The van der Waals surface area contributed by atoms with Gasteiger partial charge in [-0.15, -0.1) is 11.8 Å². The minimum atomic E-state index is -1.00. The monoisotopic (exact) mass is 280 g/mol. The van der Waals surface area contributed by atoms with E-state index in [1.54, 1.807) is 0 Å². The predicted octanol–water partition coefficient (Wildman–Crippen LogP) is 4.40. The minimum absolute atomic E-state index is 0.415. The maximum atomic E-state index is 13.3. The molecular formula is C11H15F2O2PS. The topological polar surface area (TPSA) is 18.5 Å². The highest BCUT2D eigenvalue weighted by Gasteiger charge is 2.12. The molecule has 0 spiro atoms. The first-order valence-electron chi connectivity index (χ1n) is 5.28. The summed E-state index contributed by atoms with van der Waals surface area (Å²) < 4.78 is 36.8. The molecule has 0 N–H and O–H groups in total. The van der Waals surface area contributed by atoms with Crippen LogP contribution in [0.3, 0.4) is 0 Å². The van der Waals surface area contributed by atoms with Gasteiger partial charge in [0, 0.05) is 11.0 Å². The van der Waals surface area contributed by atoms with Gasteiger partial charge in [0.25, 0.3) is 0 Å². The Morgan fingerprint density at radius 2 is 1.82 bits per heavy atom. The Bertz CT molecular complexity index is 346. The largest absolute Gasteiger partial charge is 0.334 e. The van der Waals surface area contributed by atoms with E-state index in [0.717, 1.165) is 6.07 Å². The Labute approximate surface area is 106 Å². The standard InChI is InChI=1S/C11H15F2O2PS/c1-3-14-16(15-4-2)8-17-11-6-5-9(12)7-10(11)13/h5-7H,3-4,8H2,1-2H3. The van der Waals surface area contributed by atoms with Crippen molar-refractivity contribution < 1.29 is 17.8 Å². The number of rotatable bonds is 7. The minimum Gasteiger partial charge on any atom is -0.334 e. The molecule has 0 radical (unpaired) electrons. The third-order valence-corrected chi connectivity index (χ3v) is 4.86. The van der Waals surface area contributed by atoms with Crippen LogP contribution in [0.5, 0.6) is 0 Å². The lowest BCUT2D eigenvalue weighted by Crippen LogP contribution is -1.93. The summed E-state index contributed by atoms with van der Waals surface area (Å²) in [5.74, 6) is -1.11. The Kier molecular flexibility index (Phi) is 6.97. The smallest absolute Gasteiger partial charge is 0.181 e. The van der Waals surface area contributed by atoms with E-state index >= 15 is 0 Å². The van der Waals surface area contributed by atoms with Crippen LogP contribution >= 0.6 is 20.1 Å². The third-order valence-electron chi connectivity index (χ3n) is 1.77. The molecule has 0 saturated carbocycles. The fourth-order valence-corrected chi connectivity index (χ4v) is 3.70. The van der Waals surface area contributed by atoms with Crippen LogP contribution < -0.4 is 0 Å². The van der Waals surface area contributed by atoms with E-state index in [1.165, 1.54) is 23.9 Å². The molecule has 2 nitrogen and oxygen atoms in total. The van der Waals surface area contributed by atoms with Crippen LogP contribution in [0.25, 0.3) is 0 Å². The Morgan fingerprint density at radius 1 is 1.18 bits per heavy atom. The summed E-state index contributed by atoms with van der Waals surface area (Å²) in [6.07, 6.45) is 0. The second-order valence-corrected chi connectivity index (χ2v) is 5.96. The van der Waals surface area contributed by atoms with Gasteiger partial charge in [-0.25, -0.2) is 8.78 Å². The van der Waals surface area contributed by atoms with Crippen molar-refractivity contribution in [3.63, 3.8) is 0 Å². The van der Waals surface area contributed by atoms with Crippen LogP contribution in [0, 0.1) is 11.6 Å². The molecule has 0 atom stereocenters. The zero-order chi connectivity index (χ0) is 12.7. The van der Waals surface area contributed by atoms with Crippen LogP contribution in [0.2, 0.25) is 0 Å². The third kappa shape index (κ3) is 5.30. The summed E-state index contributed by atoms with van der Waals surface area (Å²) in [7, 11) is -1.00. The normalized spacial score (nSPS) is 11.1. The molecule has 1 aromatic carbocycles. The van der Waals surface area contributed by atoms with Crippen LogP contribution in [-0.4, -0.2) is 18.7 Å². The van der Waals surface area contributed by atoms with Crippen molar-refractivity contribution in [2.24, 2.45) is 0 Å². The van der Waals surface area contributed by atoms with E-state index in [9.17, 15) is 8.78 Å². The number of thioether (sulfide) groups is 1. The van der Waals surface area contributed by atoms with Crippen LogP contribution in [0.1, 0.15) is 13.8 Å². The summed E-state index contributed by atoms with van der Waals surface area (Å²) in [5.41, 5.74) is 0.541. The van der Waals surface area contributed by atoms with E-state index in [4.69, 9.17) is 9.05 Å². The average Bonchev–Trinajstić information content (AvgIpc) is 2.28. The fraction of sp³-hybridized carbons (Fsp3) is 0.455. The van der Waals surface area contributed by atoms with Crippen LogP contribution in [0.15, 0.2) is 23.1 Å². The number of benzene rings is 1. The molecule has 17 heavy (non-hydrogen) atoms. The van der Waals surface area contributed by atoms with Crippen molar-refractivity contribution in [1.29, 1.82) is 0 Å². The SMILES string of the molecule is CCOP(CSc1ccc(F)cc1F)OCC. The van der Waals surface area contributed by atoms with Crippen molar-refractivity contribution in [2.45, 2.75) is 18.7 Å². The van der Waals surface area contributed by atoms with Crippen LogP contribution in [0.4, 0.5) is 8.78 Å². The molecule has 96 valence electrons. The lowest BCUT2D eigenvalue weighted by molar-refractivity contribution is 0.273. The molecular weight excluding hydrogens is 265 g/mol. The van der Waals surface area contributed by atoms with Crippen molar-refractivity contribution in [3.8, 4) is 0 Å². The lowest BCUT2D eigenvalue weighted by atomic mass is 10.3. The Balaban J connectivity index is 2.52. The maximum absolute atomic E-state index is 13.3. The Hall–Kier alpha value is -0.220. The molecule has 0 fully saturated rings. The van der Waals surface area contributed by atoms with Crippen molar-refractivity contribution in [3.05, 3.63) is 29.8 Å². The lowest BCUT2D eigenvalue weighted by Gasteiger charge is -2.15. The van der Waals surface area contributed by atoms with Crippen molar-refractivity contribution in [2.75, 3.05) is 18.7 Å². The van der Waals surface area contributed by atoms with E-state index in [-0.39, 0.29) is 0 Å². The summed E-state index contributed by atoms with van der Waals surface area (Å²) in [6.45, 7) is 4.91. The molecule has 0 bridgehead atoms. The van der Waals surface area contributed by atoms with Gasteiger partial charge in [-0.05, 0) is 26.0 Å². The highest BCUT2D eigenvalue weighted by Crippen LogP contribution is 2.43. The van der Waals surface area contributed by atoms with Crippen molar-refractivity contribution >= 4 is 20.1 Å². The Morgan fingerprint density at radius 3 is 2.35 bits per heavy atom. The molecule has 0 saturated heterocycles. The molecule has 0 aromatic heterocycles. The average molecular weight is 280 g/mol. The molecule has 0 aliphatic carbocycles. The first kappa shape index (κ1) is 14.8. The summed E-state index contributed by atoms with van der Waals surface area (Å²) in [6, 6.07) is 3.56. The van der Waals surface area contributed by atoms with Gasteiger partial charge >= 0.3 is 0 Å². The van der Waals surface area contributed by atoms with Gasteiger partial charge < -0.3 is 9.05 Å². The van der Waals surface area contributed by atoms with Crippen molar-refractivity contribution in [1.82, 2.24) is 0 Å². The van der Waals surface area contributed by atoms with Gasteiger partial charge in [0.2, 0.25) is 0 Å². The van der Waals surface area contributed by atoms with Gasteiger partial charge in [0.1, 0.15) is 11.6 Å². The zero-order valence-electron chi connectivity index (χ0n) is 9.78. The number of hydrogen-bond acceptors (Lipinski definition) is 3. The highest BCUT2D eigenvalue weighted by molar-refractivity contribution is 8.04. The fourth-order valence-electron chi connectivity index (χ4n) is 1.11. The predicted molar refractivity (Wildman–Crippen MR) is 67.3 cm³/mol. The van der Waals surface area contributed by atoms with Crippen LogP contribution in [-0.2, 0) is 9.05 Å². The number of halogens is 2. The summed E-state index contributed by atoms with van der Waals surface area (Å²) >= 11 is 1.28. The van der Waals surface area contributed by atoms with E-state index in [1.807, 2.05) is 13.8 Å². The summed E-state index contributed by atoms with van der Waals surface area (Å²) in [5, 5.41) is 0. The number of hydrogen-bond donors (Lipinski definition) is 0. The van der Waals surface area contributed by atoms with Gasteiger partial charge in [-0.1, -0.05) is 0 Å². The molecule has 0 aliphatic heterocycles. The second kappa shape index (κ2) is 7.98. The molecule has 1 aromatic rings. The van der Waals surface area contributed by atoms with Gasteiger partial charge in [0.05, 0.1) is 18.7 Å². The van der Waals surface area contributed by atoms with Gasteiger partial charge in [0.15, 0.2) is 8.38 Å². The molecule has 0 aliphatic rings. The maximum Gasteiger partial charge on any atom is 0.181 e. The van der Waals surface area contributed by atoms with Gasteiger partial charge in [-0.3, -0.25) is 0 Å². The quantitative estimate of drug-likeness (QED) is 0.545. The molecule has 0 unspecified atom stereocenters. The molecule has 6 heteroatoms. The molecule has 0 heterocycles. The zero-order valence-corrected chi connectivity index (χ0v) is 11.5. The molecule has 0 amide bonds. The van der Waals surface area contributed by atoms with Gasteiger partial charge in [-0.2, -0.15) is 0 Å². The summed E-state index contributed by atoms with van der Waals surface area (Å²) in [4.78, 5) is 0.415. The molecule has 1 rings (SSSR count). The first-order valence-corrected chi connectivity index (χ1v) is 7.63. The highest BCUT2D eigenvalue weighted by atomic mass is 32.2. The second-order valence-electron chi connectivity index (χ2n) is 3.02. The van der Waals surface area contributed by atoms with E-state index in [0.29, 0.717) is 23.6 Å². The first-order chi connectivity index (χ1) is 8.17. The van der Waals surface area contributed by atoms with E-state index < -0.39 is 20.0 Å². The van der Waals surface area contributed by atoms with E-state index in [2.05, 4.69) is 0 Å².